The Bertz CT molecular complexity index is 1040. The maximum Gasteiger partial charge on any atom is 0.573 e. The summed E-state index contributed by atoms with van der Waals surface area (Å²) in [7, 11) is 0. The normalized spacial score (nSPS) is 11.4. The third-order valence-electron chi connectivity index (χ3n) is 3.87. The third-order valence-corrected chi connectivity index (χ3v) is 3.87. The van der Waals surface area contributed by atoms with Crippen molar-refractivity contribution >= 4 is 47.2 Å². The van der Waals surface area contributed by atoms with E-state index >= 15 is 0 Å². The fraction of sp³-hybridized carbons (Fsp3) is 0.150. The highest BCUT2D eigenvalue weighted by molar-refractivity contribution is 14.0. The molecule has 0 fully saturated rings. The van der Waals surface area contributed by atoms with Crippen molar-refractivity contribution in [3.05, 3.63) is 72.6 Å². The van der Waals surface area contributed by atoms with Gasteiger partial charge >= 0.3 is 6.36 Å². The first kappa shape index (κ1) is 25.0. The number of alkyl halides is 3. The number of aromatic nitrogens is 2. The largest absolute Gasteiger partial charge is 0.573 e. The molecule has 0 atom stereocenters. The number of nitrogens with zero attached hydrogens (tertiary/aromatic N) is 3. The van der Waals surface area contributed by atoms with Gasteiger partial charge in [-0.3, -0.25) is 9.48 Å². The molecule has 0 aliphatic carbocycles. The van der Waals surface area contributed by atoms with Crippen LogP contribution < -0.4 is 21.1 Å². The number of carbonyl (C=O) groups is 1. The van der Waals surface area contributed by atoms with Gasteiger partial charge in [-0.15, -0.1) is 37.1 Å². The first-order valence-electron chi connectivity index (χ1n) is 9.06. The maximum atomic E-state index is 12.2. The number of guanidine groups is 1. The smallest absolute Gasteiger partial charge is 0.406 e. The Hall–Kier alpha value is -3.29. The third kappa shape index (κ3) is 8.45. The number of aliphatic imine (C=N–C) groups is 1. The van der Waals surface area contributed by atoms with Crippen LogP contribution in [0.25, 0.3) is 0 Å². The molecule has 0 aliphatic heterocycles. The van der Waals surface area contributed by atoms with Crippen molar-refractivity contribution in [2.45, 2.75) is 19.5 Å². The Labute approximate surface area is 198 Å². The van der Waals surface area contributed by atoms with E-state index in [-0.39, 0.29) is 54.7 Å². The quantitative estimate of drug-likeness (QED) is 0.231. The van der Waals surface area contributed by atoms with Gasteiger partial charge in [0.05, 0.1) is 6.54 Å². The van der Waals surface area contributed by atoms with Gasteiger partial charge in [0.1, 0.15) is 12.3 Å². The summed E-state index contributed by atoms with van der Waals surface area (Å²) < 4.78 is 41.9. The van der Waals surface area contributed by atoms with E-state index in [9.17, 15) is 18.0 Å². The van der Waals surface area contributed by atoms with Gasteiger partial charge in [0.15, 0.2) is 5.96 Å². The van der Waals surface area contributed by atoms with Crippen LogP contribution >= 0.6 is 24.0 Å². The Morgan fingerprint density at radius 2 is 1.84 bits per heavy atom. The van der Waals surface area contributed by atoms with Gasteiger partial charge in [0.25, 0.3) is 0 Å². The van der Waals surface area contributed by atoms with Crippen LogP contribution in [0.5, 0.6) is 5.75 Å². The van der Waals surface area contributed by atoms with E-state index in [2.05, 4.69) is 25.5 Å². The summed E-state index contributed by atoms with van der Waals surface area (Å²) in [4.78, 5) is 16.3. The number of hydrogen-bond acceptors (Lipinski definition) is 4. The Balaban J connectivity index is 0.00000363. The van der Waals surface area contributed by atoms with Gasteiger partial charge in [-0.05, 0) is 48.0 Å². The highest BCUT2D eigenvalue weighted by Gasteiger charge is 2.30. The fourth-order valence-corrected chi connectivity index (χ4v) is 2.59. The minimum absolute atomic E-state index is 0. The molecular formula is C20H20F3IN6O2. The second-order valence-electron chi connectivity index (χ2n) is 6.35. The number of nitrogens with two attached hydrogens (primary N) is 1. The van der Waals surface area contributed by atoms with E-state index in [0.29, 0.717) is 11.4 Å². The highest BCUT2D eigenvalue weighted by atomic mass is 127. The molecule has 1 amide bonds. The number of hydrogen-bond donors (Lipinski definition) is 3. The molecule has 0 unspecified atom stereocenters. The summed E-state index contributed by atoms with van der Waals surface area (Å²) in [5.74, 6) is -0.471. The van der Waals surface area contributed by atoms with Crippen molar-refractivity contribution in [2.24, 2.45) is 10.7 Å². The van der Waals surface area contributed by atoms with E-state index < -0.39 is 6.36 Å². The number of halogens is 4. The maximum absolute atomic E-state index is 12.2. The molecule has 12 heteroatoms. The molecule has 3 rings (SSSR count). The van der Waals surface area contributed by atoms with Crippen molar-refractivity contribution in [1.29, 1.82) is 0 Å². The summed E-state index contributed by atoms with van der Waals surface area (Å²) >= 11 is 0. The summed E-state index contributed by atoms with van der Waals surface area (Å²) in [5.41, 5.74) is 7.70. The summed E-state index contributed by atoms with van der Waals surface area (Å²) in [5, 5.41) is 9.55. The summed E-state index contributed by atoms with van der Waals surface area (Å²) in [6.07, 6.45) is -1.46. The Morgan fingerprint density at radius 1 is 1.09 bits per heavy atom. The lowest BCUT2D eigenvalue weighted by atomic mass is 10.2. The van der Waals surface area contributed by atoms with Crippen LogP contribution in [0.15, 0.2) is 72.0 Å². The highest BCUT2D eigenvalue weighted by Crippen LogP contribution is 2.23. The lowest BCUT2D eigenvalue weighted by molar-refractivity contribution is -0.274. The van der Waals surface area contributed by atoms with Crippen LogP contribution in [0.3, 0.4) is 0 Å². The van der Waals surface area contributed by atoms with Gasteiger partial charge in [-0.1, -0.05) is 12.1 Å². The Kier molecular flexibility index (Phi) is 8.87. The summed E-state index contributed by atoms with van der Waals surface area (Å²) in [6.45, 7) is 0.329. The van der Waals surface area contributed by atoms with E-state index in [0.717, 1.165) is 5.56 Å². The molecule has 0 radical (unpaired) electrons. The molecule has 1 aromatic heterocycles. The first-order valence-corrected chi connectivity index (χ1v) is 9.06. The number of rotatable bonds is 7. The van der Waals surface area contributed by atoms with Gasteiger partial charge in [-0.2, -0.15) is 5.10 Å². The monoisotopic (exact) mass is 560 g/mol. The van der Waals surface area contributed by atoms with Crippen LogP contribution in [-0.4, -0.2) is 28.0 Å². The number of nitrogens with one attached hydrogen (secondary N) is 2. The molecule has 170 valence electrons. The van der Waals surface area contributed by atoms with Gasteiger partial charge in [0, 0.05) is 23.8 Å². The molecule has 1 heterocycles. The van der Waals surface area contributed by atoms with E-state index in [1.165, 1.54) is 28.9 Å². The second kappa shape index (κ2) is 11.4. The zero-order chi connectivity index (χ0) is 22.3. The second-order valence-corrected chi connectivity index (χ2v) is 6.35. The standard InChI is InChI=1S/C20H19F3N6O2.HI/c21-20(22,23)31-17-7-5-15(6-8-17)28-19(24)25-12-14-3-1-4-16(11-14)27-18(30)13-29-10-2-9-26-29;/h1-11H,12-13H2,(H,27,30)(H3,24,25,28);1H. The van der Waals surface area contributed by atoms with Crippen LogP contribution in [0.2, 0.25) is 0 Å². The van der Waals surface area contributed by atoms with Crippen LogP contribution in [0.1, 0.15) is 5.56 Å². The summed E-state index contributed by atoms with van der Waals surface area (Å²) in [6, 6.07) is 14.0. The zero-order valence-corrected chi connectivity index (χ0v) is 18.9. The molecule has 8 nitrogen and oxygen atoms in total. The van der Waals surface area contributed by atoms with Gasteiger partial charge < -0.3 is 21.1 Å². The molecule has 0 spiro atoms. The van der Waals surface area contributed by atoms with Crippen molar-refractivity contribution in [3.63, 3.8) is 0 Å². The van der Waals surface area contributed by atoms with Gasteiger partial charge in [-0.25, -0.2) is 4.99 Å². The van der Waals surface area contributed by atoms with Gasteiger partial charge in [0.2, 0.25) is 5.91 Å². The lowest BCUT2D eigenvalue weighted by Gasteiger charge is -2.10. The van der Waals surface area contributed by atoms with Crippen molar-refractivity contribution < 1.29 is 22.7 Å². The predicted molar refractivity (Wildman–Crippen MR) is 125 cm³/mol. The Morgan fingerprint density at radius 3 is 2.50 bits per heavy atom. The topological polar surface area (TPSA) is 107 Å². The zero-order valence-electron chi connectivity index (χ0n) is 16.5. The number of benzene rings is 2. The minimum atomic E-state index is -4.75. The average Bonchev–Trinajstić information content (AvgIpc) is 3.20. The molecule has 0 bridgehead atoms. The first-order chi connectivity index (χ1) is 14.8. The van der Waals surface area contributed by atoms with Crippen LogP contribution in [-0.2, 0) is 17.9 Å². The molecule has 0 aliphatic rings. The van der Waals surface area contributed by atoms with Crippen LogP contribution in [0, 0.1) is 0 Å². The molecule has 4 N–H and O–H groups in total. The lowest BCUT2D eigenvalue weighted by Crippen LogP contribution is -2.22. The van der Waals surface area contributed by atoms with Crippen molar-refractivity contribution in [1.82, 2.24) is 9.78 Å². The van der Waals surface area contributed by atoms with E-state index in [1.807, 2.05) is 6.07 Å². The SMILES string of the molecule is I.NC(=NCc1cccc(NC(=O)Cn2cccn2)c1)Nc1ccc(OC(F)(F)F)cc1. The van der Waals surface area contributed by atoms with E-state index in [1.54, 1.807) is 36.7 Å². The number of amides is 1. The average molecular weight is 560 g/mol. The van der Waals surface area contributed by atoms with Crippen molar-refractivity contribution in [3.8, 4) is 5.75 Å². The minimum Gasteiger partial charge on any atom is -0.406 e. The molecule has 0 saturated carbocycles. The molecule has 32 heavy (non-hydrogen) atoms. The number of carbonyl (C=O) groups excluding carboxylic acids is 1. The number of ether oxygens (including phenoxy) is 1. The number of anilines is 2. The van der Waals surface area contributed by atoms with E-state index in [4.69, 9.17) is 5.73 Å². The van der Waals surface area contributed by atoms with Crippen molar-refractivity contribution in [2.75, 3.05) is 10.6 Å². The fourth-order valence-electron chi connectivity index (χ4n) is 2.59. The molecular weight excluding hydrogens is 540 g/mol. The molecule has 0 saturated heterocycles. The predicted octanol–water partition coefficient (Wildman–Crippen LogP) is 3.97. The van der Waals surface area contributed by atoms with Crippen LogP contribution in [0.4, 0.5) is 24.5 Å². The molecule has 3 aromatic rings. The molecule has 2 aromatic carbocycles.